The maximum absolute atomic E-state index is 12.9. The Labute approximate surface area is 108 Å². The molecule has 0 bridgehead atoms. The summed E-state index contributed by atoms with van der Waals surface area (Å²) in [6, 6.07) is 3.99. The van der Waals surface area contributed by atoms with Gasteiger partial charge in [-0.2, -0.15) is 0 Å². The highest BCUT2D eigenvalue weighted by atomic mass is 79.9. The first-order valence-corrected chi connectivity index (χ1v) is 6.32. The lowest BCUT2D eigenvalue weighted by Gasteiger charge is -2.16. The van der Waals surface area contributed by atoms with Gasteiger partial charge in [-0.25, -0.2) is 4.39 Å². The van der Waals surface area contributed by atoms with Crippen molar-refractivity contribution in [1.29, 1.82) is 0 Å². The molecule has 0 atom stereocenters. The first-order valence-electron chi connectivity index (χ1n) is 4.82. The molecule has 0 saturated carbocycles. The predicted molar refractivity (Wildman–Crippen MR) is 66.8 cm³/mol. The van der Waals surface area contributed by atoms with Crippen molar-refractivity contribution in [2.45, 2.75) is 6.42 Å². The Bertz CT molecular complexity index is 386. The first-order chi connectivity index (χ1) is 7.56. The Kier molecular flexibility index (Phi) is 5.22. The van der Waals surface area contributed by atoms with Crippen molar-refractivity contribution in [1.82, 2.24) is 4.90 Å². The average Bonchev–Trinajstić information content (AvgIpc) is 2.28. The van der Waals surface area contributed by atoms with E-state index in [1.54, 1.807) is 11.9 Å². The molecule has 0 radical (unpaired) electrons. The van der Waals surface area contributed by atoms with Crippen LogP contribution in [0.15, 0.2) is 18.2 Å². The average molecular weight is 309 g/mol. The minimum atomic E-state index is -0.513. The van der Waals surface area contributed by atoms with Gasteiger partial charge in [-0.3, -0.25) is 4.79 Å². The highest BCUT2D eigenvalue weighted by molar-refractivity contribution is 9.09. The maximum atomic E-state index is 12.9. The number of halogens is 3. The van der Waals surface area contributed by atoms with Crippen LogP contribution in [-0.4, -0.2) is 29.7 Å². The van der Waals surface area contributed by atoms with Gasteiger partial charge in [0.2, 0.25) is 0 Å². The zero-order valence-electron chi connectivity index (χ0n) is 8.84. The highest BCUT2D eigenvalue weighted by Crippen LogP contribution is 2.17. The van der Waals surface area contributed by atoms with Gasteiger partial charge in [0.1, 0.15) is 5.82 Å². The topological polar surface area (TPSA) is 20.3 Å². The van der Waals surface area contributed by atoms with Gasteiger partial charge < -0.3 is 4.90 Å². The molecule has 0 unspecified atom stereocenters. The van der Waals surface area contributed by atoms with Gasteiger partial charge in [-0.15, -0.1) is 0 Å². The van der Waals surface area contributed by atoms with E-state index in [-0.39, 0.29) is 10.9 Å². The Hall–Kier alpha value is -0.610. The second kappa shape index (κ2) is 6.21. The zero-order valence-corrected chi connectivity index (χ0v) is 11.2. The molecule has 0 N–H and O–H groups in total. The molecule has 1 rings (SSSR count). The normalized spacial score (nSPS) is 10.2. The van der Waals surface area contributed by atoms with E-state index in [0.717, 1.165) is 11.8 Å². The molecular formula is C11H12BrClFNO. The molecular weight excluding hydrogens is 296 g/mol. The summed E-state index contributed by atoms with van der Waals surface area (Å²) >= 11 is 8.91. The third-order valence-electron chi connectivity index (χ3n) is 2.14. The molecule has 5 heteroatoms. The standard InChI is InChI=1S/C11H12BrClFNO/c1-15(6-2-5-12)11(16)8-3-4-10(14)9(13)7-8/h3-4,7H,2,5-6H2,1H3. The van der Waals surface area contributed by atoms with Gasteiger partial charge in [-0.05, 0) is 24.6 Å². The summed E-state index contributed by atoms with van der Waals surface area (Å²) in [5.74, 6) is -0.663. The second-order valence-corrected chi connectivity index (χ2v) is 4.60. The molecule has 1 amide bonds. The molecule has 2 nitrogen and oxygen atoms in total. The molecule has 0 heterocycles. The van der Waals surface area contributed by atoms with Crippen molar-refractivity contribution in [3.8, 4) is 0 Å². The number of carbonyl (C=O) groups excluding carboxylic acids is 1. The molecule has 0 aliphatic rings. The minimum Gasteiger partial charge on any atom is -0.342 e. The summed E-state index contributed by atoms with van der Waals surface area (Å²) < 4.78 is 12.9. The number of rotatable bonds is 4. The number of nitrogens with zero attached hydrogens (tertiary/aromatic N) is 1. The Morgan fingerprint density at radius 1 is 1.56 bits per heavy atom. The second-order valence-electron chi connectivity index (χ2n) is 3.40. The molecule has 0 aliphatic carbocycles. The van der Waals surface area contributed by atoms with E-state index in [4.69, 9.17) is 11.6 Å². The number of alkyl halides is 1. The molecule has 88 valence electrons. The van der Waals surface area contributed by atoms with E-state index in [9.17, 15) is 9.18 Å². The molecule has 0 spiro atoms. The SMILES string of the molecule is CN(CCCBr)C(=O)c1ccc(F)c(Cl)c1. The number of carbonyl (C=O) groups is 1. The van der Waals surface area contributed by atoms with Crippen LogP contribution >= 0.6 is 27.5 Å². The lowest BCUT2D eigenvalue weighted by molar-refractivity contribution is 0.0795. The monoisotopic (exact) mass is 307 g/mol. The van der Waals surface area contributed by atoms with Crippen LogP contribution in [0.3, 0.4) is 0 Å². The molecule has 0 aromatic heterocycles. The van der Waals surface area contributed by atoms with Gasteiger partial charge in [-0.1, -0.05) is 27.5 Å². The number of benzene rings is 1. The Morgan fingerprint density at radius 3 is 2.81 bits per heavy atom. The molecule has 1 aromatic rings. The summed E-state index contributed by atoms with van der Waals surface area (Å²) in [4.78, 5) is 13.4. The van der Waals surface area contributed by atoms with Gasteiger partial charge in [0, 0.05) is 24.5 Å². The van der Waals surface area contributed by atoms with E-state index in [1.165, 1.54) is 18.2 Å². The smallest absolute Gasteiger partial charge is 0.253 e. The van der Waals surface area contributed by atoms with Gasteiger partial charge in [0.05, 0.1) is 5.02 Å². The van der Waals surface area contributed by atoms with E-state index >= 15 is 0 Å². The van der Waals surface area contributed by atoms with E-state index in [0.29, 0.717) is 12.1 Å². The molecule has 16 heavy (non-hydrogen) atoms. The molecule has 1 aromatic carbocycles. The predicted octanol–water partition coefficient (Wildman–Crippen LogP) is 3.34. The van der Waals surface area contributed by atoms with Crippen molar-refractivity contribution in [2.75, 3.05) is 18.9 Å². The Morgan fingerprint density at radius 2 is 2.25 bits per heavy atom. The van der Waals surface area contributed by atoms with E-state index in [1.807, 2.05) is 0 Å². The van der Waals surface area contributed by atoms with Crippen LogP contribution in [0, 0.1) is 5.82 Å². The van der Waals surface area contributed by atoms with Crippen LogP contribution in [0.5, 0.6) is 0 Å². The van der Waals surface area contributed by atoms with Gasteiger partial charge >= 0.3 is 0 Å². The summed E-state index contributed by atoms with van der Waals surface area (Å²) in [6.45, 7) is 0.652. The fraction of sp³-hybridized carbons (Fsp3) is 0.364. The fourth-order valence-corrected chi connectivity index (χ4v) is 1.68. The van der Waals surface area contributed by atoms with Crippen molar-refractivity contribution >= 4 is 33.4 Å². The lowest BCUT2D eigenvalue weighted by Crippen LogP contribution is -2.27. The van der Waals surface area contributed by atoms with Crippen molar-refractivity contribution in [3.05, 3.63) is 34.6 Å². The van der Waals surface area contributed by atoms with Crippen LogP contribution in [0.2, 0.25) is 5.02 Å². The summed E-state index contributed by atoms with van der Waals surface area (Å²) in [6.07, 6.45) is 0.872. The van der Waals surface area contributed by atoms with Crippen molar-refractivity contribution < 1.29 is 9.18 Å². The van der Waals surface area contributed by atoms with Crippen molar-refractivity contribution in [3.63, 3.8) is 0 Å². The fourth-order valence-electron chi connectivity index (χ4n) is 1.25. The van der Waals surface area contributed by atoms with Gasteiger partial charge in [0.25, 0.3) is 5.91 Å². The minimum absolute atomic E-state index is 0.0280. The number of hydrogen-bond donors (Lipinski definition) is 0. The van der Waals surface area contributed by atoms with Crippen LogP contribution < -0.4 is 0 Å². The zero-order chi connectivity index (χ0) is 12.1. The largest absolute Gasteiger partial charge is 0.342 e. The van der Waals surface area contributed by atoms with Crippen LogP contribution in [0.4, 0.5) is 4.39 Å². The molecule has 0 fully saturated rings. The van der Waals surface area contributed by atoms with Crippen LogP contribution in [0.1, 0.15) is 16.8 Å². The highest BCUT2D eigenvalue weighted by Gasteiger charge is 2.12. The number of amides is 1. The van der Waals surface area contributed by atoms with E-state index in [2.05, 4.69) is 15.9 Å². The van der Waals surface area contributed by atoms with E-state index < -0.39 is 5.82 Å². The summed E-state index contributed by atoms with van der Waals surface area (Å²) in [5, 5.41) is 0.814. The maximum Gasteiger partial charge on any atom is 0.253 e. The number of hydrogen-bond acceptors (Lipinski definition) is 1. The summed E-state index contributed by atoms with van der Waals surface area (Å²) in [7, 11) is 1.71. The molecule has 0 aliphatic heterocycles. The van der Waals surface area contributed by atoms with Crippen LogP contribution in [0.25, 0.3) is 0 Å². The quantitative estimate of drug-likeness (QED) is 0.781. The third kappa shape index (κ3) is 3.46. The van der Waals surface area contributed by atoms with Crippen molar-refractivity contribution in [2.24, 2.45) is 0 Å². The Balaban J connectivity index is 2.76. The summed E-state index contributed by atoms with van der Waals surface area (Å²) in [5.41, 5.74) is 0.406. The van der Waals surface area contributed by atoms with Gasteiger partial charge in [0.15, 0.2) is 0 Å². The molecule has 0 saturated heterocycles. The van der Waals surface area contributed by atoms with Crippen LogP contribution in [-0.2, 0) is 0 Å². The first kappa shape index (κ1) is 13.5. The lowest BCUT2D eigenvalue weighted by atomic mass is 10.2. The third-order valence-corrected chi connectivity index (χ3v) is 2.99.